The fourth-order valence-corrected chi connectivity index (χ4v) is 0.340. The molecule has 8 heavy (non-hydrogen) atoms. The van der Waals surface area contributed by atoms with Gasteiger partial charge < -0.3 is 0 Å². The number of halogens is 2. The molecule has 0 aromatic carbocycles. The third kappa shape index (κ3) is 6.80. The van der Waals surface area contributed by atoms with Crippen molar-refractivity contribution in [1.29, 1.82) is 0 Å². The van der Waals surface area contributed by atoms with Crippen LogP contribution in [0.4, 0.5) is 0 Å². The molecule has 0 aromatic heterocycles. The molecule has 0 heterocycles. The van der Waals surface area contributed by atoms with E-state index < -0.39 is 0 Å². The van der Waals surface area contributed by atoms with E-state index in [2.05, 4.69) is 12.2 Å². The maximum atomic E-state index is 2.99. The molecule has 0 nitrogen and oxygen atoms in total. The van der Waals surface area contributed by atoms with Crippen LogP contribution in [0.1, 0.15) is 6.42 Å². The van der Waals surface area contributed by atoms with E-state index in [1.54, 1.807) is 0 Å². The molecule has 0 fully saturated rings. The Morgan fingerprint density at radius 3 is 2.00 bits per heavy atom. The zero-order valence-electron chi connectivity index (χ0n) is 4.20. The van der Waals surface area contributed by atoms with Crippen LogP contribution in [-0.4, -0.2) is 0 Å². The van der Waals surface area contributed by atoms with Gasteiger partial charge >= 0.3 is 0 Å². The zero-order chi connectivity index (χ0) is 3.54. The molecule has 0 saturated heterocycles. The molecule has 1 rings (SSSR count). The molecule has 47 valence electrons. The summed E-state index contributed by atoms with van der Waals surface area (Å²) < 4.78 is 0. The van der Waals surface area contributed by atoms with Crippen molar-refractivity contribution < 1.29 is 22.4 Å². The summed E-state index contributed by atoms with van der Waals surface area (Å²) in [5, 5.41) is 0. The molecular weight excluding hydrogens is 312 g/mol. The van der Waals surface area contributed by atoms with E-state index in [0.717, 1.165) is 6.42 Å². The average molecular weight is 319 g/mol. The van der Waals surface area contributed by atoms with Gasteiger partial charge in [-0.2, -0.15) is 6.08 Å². The minimum atomic E-state index is 0. The Bertz CT molecular complexity index is 68.5. The summed E-state index contributed by atoms with van der Waals surface area (Å²) in [6, 6.07) is 0. The monoisotopic (exact) mass is 318 g/mol. The normalized spacial score (nSPS) is 11.0. The number of hydrogen-bond donors (Lipinski definition) is 0. The van der Waals surface area contributed by atoms with Gasteiger partial charge in [-0.05, 0) is 0 Å². The molecule has 0 N–H and O–H groups in total. The van der Waals surface area contributed by atoms with Crippen LogP contribution in [0.5, 0.6) is 0 Å². The molecule has 0 bridgehead atoms. The van der Waals surface area contributed by atoms with Crippen LogP contribution >= 0.6 is 24.8 Å². The van der Waals surface area contributed by atoms with Crippen molar-refractivity contribution in [2.45, 2.75) is 6.42 Å². The minimum absolute atomic E-state index is 0. The van der Waals surface area contributed by atoms with Crippen molar-refractivity contribution >= 4 is 24.8 Å². The molecule has 0 aromatic rings. The summed E-state index contributed by atoms with van der Waals surface area (Å²) in [4.78, 5) is 0. The first kappa shape index (κ1) is 15.9. The molecule has 0 aliphatic heterocycles. The molecule has 1 aliphatic carbocycles. The second-order valence-electron chi connectivity index (χ2n) is 1.00. The Balaban J connectivity index is -0.0000000833. The van der Waals surface area contributed by atoms with Crippen molar-refractivity contribution in [2.75, 3.05) is 0 Å². The van der Waals surface area contributed by atoms with Gasteiger partial charge in [-0.25, -0.2) is 12.2 Å². The molecule has 0 unspecified atom stereocenters. The first-order valence-electron chi connectivity index (χ1n) is 1.72. The first-order valence-corrected chi connectivity index (χ1v) is 1.72. The summed E-state index contributed by atoms with van der Waals surface area (Å²) in [7, 11) is 0. The number of allylic oxidation sites excluding steroid dienone is 4. The predicted molar refractivity (Wildman–Crippen MR) is 36.1 cm³/mol. The Morgan fingerprint density at radius 1 is 1.25 bits per heavy atom. The average Bonchev–Trinajstić information content (AvgIpc) is 1.76. The van der Waals surface area contributed by atoms with Crippen LogP contribution in [0.15, 0.2) is 18.2 Å². The quantitative estimate of drug-likeness (QED) is 0.600. The van der Waals surface area contributed by atoms with Crippen molar-refractivity contribution in [3.05, 3.63) is 24.3 Å². The van der Waals surface area contributed by atoms with Crippen LogP contribution in [-0.2, 0) is 22.4 Å². The molecule has 0 amide bonds. The Hall–Kier alpha value is 0.800. The van der Waals surface area contributed by atoms with Crippen LogP contribution in [0.25, 0.3) is 0 Å². The van der Waals surface area contributed by atoms with Crippen molar-refractivity contribution in [1.82, 2.24) is 0 Å². The number of hydrogen-bond acceptors (Lipinski definition) is 0. The third-order valence-corrected chi connectivity index (χ3v) is 0.586. The largest absolute Gasteiger partial charge is 0.273 e. The van der Waals surface area contributed by atoms with Gasteiger partial charge in [-0.15, -0.1) is 31.2 Å². The van der Waals surface area contributed by atoms with Gasteiger partial charge in [-0.3, -0.25) is 6.08 Å². The summed E-state index contributed by atoms with van der Waals surface area (Å²) >= 11 is 0. The third-order valence-electron chi connectivity index (χ3n) is 0.586. The van der Waals surface area contributed by atoms with Crippen molar-refractivity contribution in [2.24, 2.45) is 0 Å². The van der Waals surface area contributed by atoms with Gasteiger partial charge in [-0.1, -0.05) is 0 Å². The Labute approximate surface area is 77.8 Å². The zero-order valence-corrected chi connectivity index (χ0v) is 9.05. The van der Waals surface area contributed by atoms with E-state index in [1.807, 2.05) is 12.2 Å². The van der Waals surface area contributed by atoms with Gasteiger partial charge in [0, 0.05) is 22.4 Å². The van der Waals surface area contributed by atoms with Crippen LogP contribution in [0.3, 0.4) is 0 Å². The smallest absolute Gasteiger partial charge is 0 e. The molecule has 3 heteroatoms. The molecule has 1 radical (unpaired) electrons. The van der Waals surface area contributed by atoms with E-state index in [4.69, 9.17) is 0 Å². The second kappa shape index (κ2) is 10.7. The number of rotatable bonds is 0. The van der Waals surface area contributed by atoms with Crippen molar-refractivity contribution in [3.8, 4) is 0 Å². The van der Waals surface area contributed by atoms with Crippen LogP contribution < -0.4 is 0 Å². The Kier molecular flexibility index (Phi) is 21.3. The van der Waals surface area contributed by atoms with Gasteiger partial charge in [0.1, 0.15) is 0 Å². The molecule has 0 spiro atoms. The Morgan fingerprint density at radius 2 is 1.88 bits per heavy atom. The van der Waals surface area contributed by atoms with E-state index in [0.29, 0.717) is 0 Å². The second-order valence-corrected chi connectivity index (χ2v) is 1.00. The van der Waals surface area contributed by atoms with E-state index in [9.17, 15) is 0 Å². The van der Waals surface area contributed by atoms with E-state index in [-0.39, 0.29) is 47.2 Å². The van der Waals surface area contributed by atoms with Gasteiger partial charge in [0.25, 0.3) is 0 Å². The summed E-state index contributed by atoms with van der Waals surface area (Å²) in [5.41, 5.74) is 0. The summed E-state index contributed by atoms with van der Waals surface area (Å²) in [6.07, 6.45) is 10.0. The van der Waals surface area contributed by atoms with Gasteiger partial charge in [0.05, 0.1) is 0 Å². The predicted octanol–water partition coefficient (Wildman–Crippen LogP) is 2.15. The van der Waals surface area contributed by atoms with Gasteiger partial charge in [0.2, 0.25) is 0 Å². The maximum Gasteiger partial charge on any atom is 0 e. The topological polar surface area (TPSA) is 0 Å². The first-order chi connectivity index (χ1) is 2.50. The van der Waals surface area contributed by atoms with Crippen LogP contribution in [0, 0.1) is 6.08 Å². The SMILES string of the molecule is Cl.Cl.[C-]1=CC=CC1.[Ta]. The molecule has 0 saturated carbocycles. The van der Waals surface area contributed by atoms with Crippen LogP contribution in [0.2, 0.25) is 0 Å². The van der Waals surface area contributed by atoms with E-state index >= 15 is 0 Å². The maximum absolute atomic E-state index is 2.99. The summed E-state index contributed by atoms with van der Waals surface area (Å²) in [6.45, 7) is 0. The van der Waals surface area contributed by atoms with Gasteiger partial charge in [0.15, 0.2) is 0 Å². The standard InChI is InChI=1S/C5H5.2ClH.Ta/c1-2-4-5-3-1;;;/h1-3H,4H2;2*1H;/q-1;;;. The summed E-state index contributed by atoms with van der Waals surface area (Å²) in [5.74, 6) is 0. The van der Waals surface area contributed by atoms with E-state index in [1.165, 1.54) is 0 Å². The van der Waals surface area contributed by atoms with Crippen molar-refractivity contribution in [3.63, 3.8) is 0 Å². The fourth-order valence-electron chi connectivity index (χ4n) is 0.340. The molecular formula is C5H7Cl2Ta-. The molecule has 1 aliphatic rings. The minimum Gasteiger partial charge on any atom is -0.273 e. The molecule has 0 atom stereocenters. The fraction of sp³-hybridized carbons (Fsp3) is 0.200.